The summed E-state index contributed by atoms with van der Waals surface area (Å²) in [7, 11) is 1.71. The molecule has 0 heterocycles. The zero-order chi connectivity index (χ0) is 16.0. The first-order valence-electron chi connectivity index (χ1n) is 9.75. The van der Waals surface area contributed by atoms with Crippen molar-refractivity contribution in [1.82, 2.24) is 0 Å². The monoisotopic (exact) mass is 320 g/mol. The number of methoxy groups -OCH3 is 1. The Kier molecular flexibility index (Phi) is 4.30. The van der Waals surface area contributed by atoms with Gasteiger partial charge in [0.15, 0.2) is 0 Å². The highest BCUT2D eigenvalue weighted by molar-refractivity contribution is 5.87. The minimum Gasteiger partial charge on any atom is -0.359 e. The van der Waals surface area contributed by atoms with Gasteiger partial charge in [-0.1, -0.05) is 6.92 Å². The molecule has 0 bridgehead atoms. The van der Waals surface area contributed by atoms with E-state index in [4.69, 9.17) is 9.47 Å². The molecule has 0 aliphatic heterocycles. The molecule has 7 atom stereocenters. The minimum atomic E-state index is 0.0345. The van der Waals surface area contributed by atoms with Crippen molar-refractivity contribution in [3.05, 3.63) is 0 Å². The zero-order valence-corrected chi connectivity index (χ0v) is 14.8. The Bertz CT molecular complexity index is 462. The van der Waals surface area contributed by atoms with Crippen LogP contribution in [0, 0.1) is 35.0 Å². The van der Waals surface area contributed by atoms with E-state index in [0.29, 0.717) is 24.6 Å². The zero-order valence-electron chi connectivity index (χ0n) is 14.8. The van der Waals surface area contributed by atoms with Crippen molar-refractivity contribution in [2.24, 2.45) is 35.0 Å². The molecule has 0 radical (unpaired) electrons. The van der Waals surface area contributed by atoms with Gasteiger partial charge in [0.25, 0.3) is 0 Å². The van der Waals surface area contributed by atoms with Crippen LogP contribution in [0.4, 0.5) is 0 Å². The lowest BCUT2D eigenvalue weighted by Crippen LogP contribution is -2.48. The van der Waals surface area contributed by atoms with Gasteiger partial charge in [0.2, 0.25) is 0 Å². The molecule has 0 saturated heterocycles. The predicted molar refractivity (Wildman–Crippen MR) is 88.9 cm³/mol. The predicted octanol–water partition coefficient (Wildman–Crippen LogP) is 4.20. The first kappa shape index (κ1) is 16.1. The van der Waals surface area contributed by atoms with Crippen LogP contribution in [0.1, 0.15) is 64.7 Å². The normalized spacial score (nSPS) is 49.4. The highest BCUT2D eigenvalue weighted by atomic mass is 16.7. The van der Waals surface area contributed by atoms with Gasteiger partial charge >= 0.3 is 0 Å². The molecule has 0 aromatic rings. The Morgan fingerprint density at radius 1 is 1.04 bits per heavy atom. The average Bonchev–Trinajstić information content (AvgIpc) is 2.85. The van der Waals surface area contributed by atoms with Crippen LogP contribution in [0.25, 0.3) is 0 Å². The molecule has 0 spiro atoms. The van der Waals surface area contributed by atoms with E-state index in [1.54, 1.807) is 7.11 Å². The number of Topliss-reactive ketones (excluding diaryl/α,β-unsaturated/α-hetero) is 1. The Morgan fingerprint density at radius 2 is 1.87 bits per heavy atom. The highest BCUT2D eigenvalue weighted by Gasteiger charge is 2.55. The maximum absolute atomic E-state index is 12.4. The molecule has 4 fully saturated rings. The lowest BCUT2D eigenvalue weighted by molar-refractivity contribution is -0.135. The van der Waals surface area contributed by atoms with E-state index in [1.807, 2.05) is 0 Å². The van der Waals surface area contributed by atoms with Crippen molar-refractivity contribution in [1.29, 1.82) is 0 Å². The fourth-order valence-corrected chi connectivity index (χ4v) is 6.74. The highest BCUT2D eigenvalue weighted by Crippen LogP contribution is 2.60. The number of hydrogen-bond acceptors (Lipinski definition) is 3. The van der Waals surface area contributed by atoms with Gasteiger partial charge in [-0.05, 0) is 81.0 Å². The standard InChI is InChI=1S/C20H32O3/c1-20-11-14-4-3-13-9-16(23-12-22-2)6-7-17(13)18(14)10-15(20)5-8-19(20)21/h13-18H,3-12H2,1-2H3/t13-,14-,15+,16+,17-,18-,20+/m1/s1. The average molecular weight is 320 g/mol. The third-order valence-corrected chi connectivity index (χ3v) is 7.98. The van der Waals surface area contributed by atoms with Crippen LogP contribution in [0.3, 0.4) is 0 Å². The Labute approximate surface area is 140 Å². The summed E-state index contributed by atoms with van der Waals surface area (Å²) in [5.41, 5.74) is 0.0345. The van der Waals surface area contributed by atoms with E-state index in [0.717, 1.165) is 36.5 Å². The molecule has 0 amide bonds. The fraction of sp³-hybridized carbons (Fsp3) is 0.950. The van der Waals surface area contributed by atoms with Crippen molar-refractivity contribution in [3.63, 3.8) is 0 Å². The third kappa shape index (κ3) is 2.68. The van der Waals surface area contributed by atoms with Crippen LogP contribution in [0.2, 0.25) is 0 Å². The molecule has 4 rings (SSSR count). The maximum Gasteiger partial charge on any atom is 0.146 e. The van der Waals surface area contributed by atoms with Crippen molar-refractivity contribution in [2.75, 3.05) is 13.9 Å². The molecular formula is C20H32O3. The lowest BCUT2D eigenvalue weighted by atomic mass is 9.51. The molecule has 3 nitrogen and oxygen atoms in total. The molecule has 4 aliphatic carbocycles. The molecule has 4 aliphatic rings. The summed E-state index contributed by atoms with van der Waals surface area (Å²) in [4.78, 5) is 12.4. The van der Waals surface area contributed by atoms with Gasteiger partial charge in [0.1, 0.15) is 12.6 Å². The quantitative estimate of drug-likeness (QED) is 0.731. The molecule has 130 valence electrons. The van der Waals surface area contributed by atoms with E-state index in [9.17, 15) is 4.79 Å². The number of rotatable bonds is 3. The number of carbonyl (C=O) groups excluding carboxylic acids is 1. The first-order valence-corrected chi connectivity index (χ1v) is 9.75. The minimum absolute atomic E-state index is 0.0345. The topological polar surface area (TPSA) is 35.5 Å². The van der Waals surface area contributed by atoms with Crippen LogP contribution in [-0.2, 0) is 14.3 Å². The fourth-order valence-electron chi connectivity index (χ4n) is 6.74. The Balaban J connectivity index is 1.44. The second kappa shape index (κ2) is 6.15. The first-order chi connectivity index (χ1) is 11.1. The molecule has 0 aromatic heterocycles. The van der Waals surface area contributed by atoms with E-state index >= 15 is 0 Å². The van der Waals surface area contributed by atoms with Gasteiger partial charge in [-0.25, -0.2) is 0 Å². The summed E-state index contributed by atoms with van der Waals surface area (Å²) >= 11 is 0. The molecule has 0 N–H and O–H groups in total. The van der Waals surface area contributed by atoms with E-state index in [1.165, 1.54) is 44.9 Å². The van der Waals surface area contributed by atoms with Gasteiger partial charge in [-0.3, -0.25) is 4.79 Å². The van der Waals surface area contributed by atoms with Crippen molar-refractivity contribution < 1.29 is 14.3 Å². The maximum atomic E-state index is 12.4. The van der Waals surface area contributed by atoms with Gasteiger partial charge < -0.3 is 9.47 Å². The second-order valence-corrected chi connectivity index (χ2v) is 8.95. The molecule has 3 heteroatoms. The van der Waals surface area contributed by atoms with Crippen LogP contribution in [0.15, 0.2) is 0 Å². The summed E-state index contributed by atoms with van der Waals surface area (Å²) in [6.07, 6.45) is 11.4. The number of ketones is 1. The summed E-state index contributed by atoms with van der Waals surface area (Å²) in [5.74, 6) is 4.71. The molecule has 23 heavy (non-hydrogen) atoms. The van der Waals surface area contributed by atoms with E-state index in [2.05, 4.69) is 6.92 Å². The summed E-state index contributed by atoms with van der Waals surface area (Å²) in [6.45, 7) is 2.72. The molecule has 4 saturated carbocycles. The lowest BCUT2D eigenvalue weighted by Gasteiger charge is -2.53. The molecule has 0 unspecified atom stereocenters. The number of hydrogen-bond donors (Lipinski definition) is 0. The van der Waals surface area contributed by atoms with Crippen molar-refractivity contribution in [3.8, 4) is 0 Å². The Hall–Kier alpha value is -0.410. The van der Waals surface area contributed by atoms with Crippen LogP contribution in [-0.4, -0.2) is 25.8 Å². The van der Waals surface area contributed by atoms with Gasteiger partial charge in [0, 0.05) is 18.9 Å². The smallest absolute Gasteiger partial charge is 0.146 e. The van der Waals surface area contributed by atoms with Crippen LogP contribution in [0.5, 0.6) is 0 Å². The Morgan fingerprint density at radius 3 is 2.70 bits per heavy atom. The molecule has 0 aromatic carbocycles. The number of carbonyl (C=O) groups is 1. The number of fused-ring (bicyclic) bond motifs is 4. The SMILES string of the molecule is COCO[C@H]1CC[C@@H]2[C@H](CC[C@@H]3C[C@]4(C)C(=O)CC[C@H]4C[C@H]32)C1. The summed E-state index contributed by atoms with van der Waals surface area (Å²) < 4.78 is 10.9. The van der Waals surface area contributed by atoms with Gasteiger partial charge in [-0.2, -0.15) is 0 Å². The van der Waals surface area contributed by atoms with Crippen LogP contribution >= 0.6 is 0 Å². The van der Waals surface area contributed by atoms with Crippen molar-refractivity contribution >= 4 is 5.78 Å². The van der Waals surface area contributed by atoms with Crippen LogP contribution < -0.4 is 0 Å². The molecular weight excluding hydrogens is 288 g/mol. The number of ether oxygens (including phenoxy) is 2. The van der Waals surface area contributed by atoms with Gasteiger partial charge in [-0.15, -0.1) is 0 Å². The van der Waals surface area contributed by atoms with E-state index in [-0.39, 0.29) is 5.41 Å². The largest absolute Gasteiger partial charge is 0.359 e. The summed E-state index contributed by atoms with van der Waals surface area (Å²) in [6, 6.07) is 0. The third-order valence-electron chi connectivity index (χ3n) is 7.98. The van der Waals surface area contributed by atoms with E-state index < -0.39 is 0 Å². The summed E-state index contributed by atoms with van der Waals surface area (Å²) in [5, 5.41) is 0. The van der Waals surface area contributed by atoms with Gasteiger partial charge in [0.05, 0.1) is 6.10 Å². The van der Waals surface area contributed by atoms with Crippen molar-refractivity contribution in [2.45, 2.75) is 70.8 Å². The second-order valence-electron chi connectivity index (χ2n) is 8.95.